The third-order valence-electron chi connectivity index (χ3n) is 4.45. The molecule has 0 fully saturated rings. The molecule has 0 aliphatic heterocycles. The minimum atomic E-state index is -0.129. The number of aryl methyl sites for hydroxylation is 4. The van der Waals surface area contributed by atoms with Gasteiger partial charge in [0.25, 0.3) is 0 Å². The molecule has 124 valence electrons. The Labute approximate surface area is 141 Å². The van der Waals surface area contributed by atoms with Gasteiger partial charge in [0.2, 0.25) is 0 Å². The van der Waals surface area contributed by atoms with E-state index in [4.69, 9.17) is 0 Å². The Hall–Kier alpha value is -2.62. The average molecular weight is 322 g/mol. The smallest absolute Gasteiger partial charge is 0.188 e. The number of hydrogen-bond acceptors (Lipinski definition) is 2. The normalized spacial score (nSPS) is 14.8. The van der Waals surface area contributed by atoms with Gasteiger partial charge in [-0.2, -0.15) is 0 Å². The highest BCUT2D eigenvalue weighted by Crippen LogP contribution is 2.30. The van der Waals surface area contributed by atoms with Gasteiger partial charge in [0.15, 0.2) is 11.6 Å². The van der Waals surface area contributed by atoms with E-state index in [9.17, 15) is 9.59 Å². The first-order valence-corrected chi connectivity index (χ1v) is 8.34. The van der Waals surface area contributed by atoms with Crippen LogP contribution in [0.25, 0.3) is 11.1 Å². The summed E-state index contributed by atoms with van der Waals surface area (Å²) in [5.41, 5.74) is 6.54. The molecular formula is C20H22N2O2. The van der Waals surface area contributed by atoms with Crippen molar-refractivity contribution in [3.8, 4) is 0 Å². The summed E-state index contributed by atoms with van der Waals surface area (Å²) in [7, 11) is 0. The molecule has 0 amide bonds. The van der Waals surface area contributed by atoms with Crippen LogP contribution in [-0.4, -0.2) is 21.5 Å². The van der Waals surface area contributed by atoms with Crippen LogP contribution in [0.5, 0.6) is 0 Å². The minimum absolute atomic E-state index is 0.129. The Morgan fingerprint density at radius 3 is 1.46 bits per heavy atom. The van der Waals surface area contributed by atoms with Crippen molar-refractivity contribution < 1.29 is 9.59 Å². The second-order valence-electron chi connectivity index (χ2n) is 6.26. The van der Waals surface area contributed by atoms with Gasteiger partial charge in [0.1, 0.15) is 0 Å². The number of carbonyl (C=O) groups is 2. The monoisotopic (exact) mass is 322 g/mol. The fourth-order valence-corrected chi connectivity index (χ4v) is 3.28. The van der Waals surface area contributed by atoms with Crippen molar-refractivity contribution in [2.75, 3.05) is 0 Å². The minimum Gasteiger partial charge on any atom is -0.358 e. The van der Waals surface area contributed by atoms with Crippen LogP contribution >= 0.6 is 0 Å². The predicted molar refractivity (Wildman–Crippen MR) is 95.8 cm³/mol. The number of aromatic nitrogens is 2. The van der Waals surface area contributed by atoms with Crippen LogP contribution in [0.15, 0.2) is 24.3 Å². The summed E-state index contributed by atoms with van der Waals surface area (Å²) in [6.07, 6.45) is 4.56. The summed E-state index contributed by atoms with van der Waals surface area (Å²) in [5.74, 6) is -0.258. The van der Waals surface area contributed by atoms with E-state index in [0.29, 0.717) is 11.1 Å². The lowest BCUT2D eigenvalue weighted by atomic mass is 9.90. The first kappa shape index (κ1) is 16.2. The zero-order valence-electron chi connectivity index (χ0n) is 14.5. The molecule has 2 aromatic rings. The first-order chi connectivity index (χ1) is 11.4. The fraction of sp³-hybridized carbons (Fsp3) is 0.300. The van der Waals surface area contributed by atoms with Gasteiger partial charge in [-0.3, -0.25) is 9.59 Å². The van der Waals surface area contributed by atoms with E-state index in [-0.39, 0.29) is 11.6 Å². The number of rotatable bonds is 4. The molecule has 0 bridgehead atoms. The molecule has 0 saturated carbocycles. The van der Waals surface area contributed by atoms with Crippen LogP contribution in [0.3, 0.4) is 0 Å². The van der Waals surface area contributed by atoms with Crippen molar-refractivity contribution in [1.29, 1.82) is 0 Å². The molecule has 3 rings (SSSR count). The Kier molecular flexibility index (Phi) is 4.14. The van der Waals surface area contributed by atoms with Crippen LogP contribution in [-0.2, 0) is 22.4 Å². The van der Waals surface area contributed by atoms with Crippen molar-refractivity contribution in [3.63, 3.8) is 0 Å². The van der Waals surface area contributed by atoms with Crippen molar-refractivity contribution in [1.82, 2.24) is 9.97 Å². The molecule has 0 radical (unpaired) electrons. The van der Waals surface area contributed by atoms with Gasteiger partial charge >= 0.3 is 0 Å². The molecular weight excluding hydrogens is 300 g/mol. The van der Waals surface area contributed by atoms with Crippen molar-refractivity contribution in [3.05, 3.63) is 58.2 Å². The molecule has 0 saturated heterocycles. The number of hydrogen-bond donors (Lipinski definition) is 2. The highest BCUT2D eigenvalue weighted by Gasteiger charge is 2.26. The van der Waals surface area contributed by atoms with E-state index >= 15 is 0 Å². The number of ketones is 2. The Balaban J connectivity index is 2.03. The summed E-state index contributed by atoms with van der Waals surface area (Å²) in [6.45, 7) is 7.99. The van der Waals surface area contributed by atoms with Gasteiger partial charge in [0, 0.05) is 22.5 Å². The number of allylic oxidation sites excluding steroid dienone is 4. The largest absolute Gasteiger partial charge is 0.358 e. The van der Waals surface area contributed by atoms with Crippen molar-refractivity contribution in [2.45, 2.75) is 40.5 Å². The number of H-pyrrole nitrogens is 2. The molecule has 1 aliphatic carbocycles. The van der Waals surface area contributed by atoms with Gasteiger partial charge in [-0.15, -0.1) is 0 Å². The van der Waals surface area contributed by atoms with Crippen molar-refractivity contribution >= 4 is 22.7 Å². The second-order valence-corrected chi connectivity index (χ2v) is 6.26. The van der Waals surface area contributed by atoms with E-state index in [1.54, 1.807) is 0 Å². The van der Waals surface area contributed by atoms with Gasteiger partial charge in [-0.25, -0.2) is 0 Å². The summed E-state index contributed by atoms with van der Waals surface area (Å²) in [4.78, 5) is 31.8. The average Bonchev–Trinajstić information content (AvgIpc) is 3.11. The van der Waals surface area contributed by atoms with Crippen molar-refractivity contribution in [2.24, 2.45) is 0 Å². The second kappa shape index (κ2) is 6.11. The van der Waals surface area contributed by atoms with Crippen LogP contribution < -0.4 is 0 Å². The SMILES string of the molecule is CCc1cc(C)[nH]c1C1=CC(=O)C(c2[nH]c(C)cc2CC)=CC1=O. The first-order valence-electron chi connectivity index (χ1n) is 8.34. The van der Waals surface area contributed by atoms with Gasteiger partial charge in [-0.1, -0.05) is 13.8 Å². The third kappa shape index (κ3) is 2.68. The summed E-state index contributed by atoms with van der Waals surface area (Å²) in [6, 6.07) is 4.05. The maximum atomic E-state index is 12.7. The molecule has 4 heteroatoms. The van der Waals surface area contributed by atoms with E-state index in [1.165, 1.54) is 12.2 Å². The van der Waals surface area contributed by atoms with E-state index in [2.05, 4.69) is 9.97 Å². The van der Waals surface area contributed by atoms with E-state index in [0.717, 1.165) is 46.7 Å². The molecule has 2 N–H and O–H groups in total. The lowest BCUT2D eigenvalue weighted by Crippen LogP contribution is -2.14. The lowest BCUT2D eigenvalue weighted by Gasteiger charge is -2.13. The Morgan fingerprint density at radius 2 is 1.12 bits per heavy atom. The quantitative estimate of drug-likeness (QED) is 0.843. The number of nitrogens with one attached hydrogen (secondary N) is 2. The molecule has 0 atom stereocenters. The van der Waals surface area contributed by atoms with Gasteiger partial charge in [0.05, 0.1) is 11.4 Å². The molecule has 2 heterocycles. The van der Waals surface area contributed by atoms with Crippen LogP contribution in [0.1, 0.15) is 47.8 Å². The Morgan fingerprint density at radius 1 is 0.750 bits per heavy atom. The van der Waals surface area contributed by atoms with E-state index in [1.807, 2.05) is 39.8 Å². The van der Waals surface area contributed by atoms with Gasteiger partial charge in [-0.05, 0) is 62.1 Å². The van der Waals surface area contributed by atoms with Gasteiger partial charge < -0.3 is 9.97 Å². The van der Waals surface area contributed by atoms with E-state index < -0.39 is 0 Å². The molecule has 0 aromatic carbocycles. The molecule has 4 nitrogen and oxygen atoms in total. The molecule has 0 spiro atoms. The highest BCUT2D eigenvalue weighted by atomic mass is 16.1. The predicted octanol–water partition coefficient (Wildman–Crippen LogP) is 3.70. The maximum absolute atomic E-state index is 12.7. The summed E-state index contributed by atoms with van der Waals surface area (Å²) >= 11 is 0. The summed E-state index contributed by atoms with van der Waals surface area (Å²) < 4.78 is 0. The molecule has 2 aromatic heterocycles. The third-order valence-corrected chi connectivity index (χ3v) is 4.45. The highest BCUT2D eigenvalue weighted by molar-refractivity contribution is 6.43. The standard InChI is InChI=1S/C20H22N2O2/c1-5-13-7-11(3)21-19(13)15-9-18(24)16(10-17(15)23)20-14(6-2)8-12(4)22-20/h7-10,21-22H,5-6H2,1-4H3. The van der Waals surface area contributed by atoms with Crippen LogP contribution in [0.2, 0.25) is 0 Å². The number of carbonyl (C=O) groups excluding carboxylic acids is 2. The maximum Gasteiger partial charge on any atom is 0.188 e. The number of aromatic amines is 2. The Bertz CT molecular complexity index is 817. The fourth-order valence-electron chi connectivity index (χ4n) is 3.28. The van der Waals surface area contributed by atoms with Crippen LogP contribution in [0, 0.1) is 13.8 Å². The zero-order valence-corrected chi connectivity index (χ0v) is 14.5. The zero-order chi connectivity index (χ0) is 17.4. The topological polar surface area (TPSA) is 65.7 Å². The molecule has 24 heavy (non-hydrogen) atoms. The lowest BCUT2D eigenvalue weighted by molar-refractivity contribution is -0.112. The molecule has 0 unspecified atom stereocenters. The molecule has 1 aliphatic rings. The summed E-state index contributed by atoms with van der Waals surface area (Å²) in [5, 5.41) is 0. The van der Waals surface area contributed by atoms with Crippen LogP contribution in [0.4, 0.5) is 0 Å².